The van der Waals surface area contributed by atoms with Crippen molar-refractivity contribution in [1.82, 2.24) is 15.6 Å². The molecule has 0 saturated heterocycles. The normalized spacial score (nSPS) is 11.2. The molecular formula is C17H13N5O4. The maximum absolute atomic E-state index is 12.0. The first-order chi connectivity index (χ1) is 12.6. The Kier molecular flexibility index (Phi) is 4.99. The number of rotatable bonds is 6. The quantitative estimate of drug-likeness (QED) is 0.401. The summed E-state index contributed by atoms with van der Waals surface area (Å²) in [5.41, 5.74) is 3.46. The minimum absolute atomic E-state index is 0.0110. The molecule has 0 aliphatic rings. The molecule has 2 aromatic heterocycles. The van der Waals surface area contributed by atoms with E-state index >= 15 is 0 Å². The molecule has 3 rings (SSSR count). The van der Waals surface area contributed by atoms with Gasteiger partial charge < -0.3 is 4.42 Å². The third kappa shape index (κ3) is 3.90. The van der Waals surface area contributed by atoms with Crippen LogP contribution in [-0.4, -0.2) is 27.2 Å². The number of carbonyl (C=O) groups excluding carboxylic acids is 1. The monoisotopic (exact) mass is 351 g/mol. The Bertz CT molecular complexity index is 973. The first-order valence-electron chi connectivity index (χ1n) is 7.48. The lowest BCUT2D eigenvalue weighted by atomic mass is 10.2. The standard InChI is InChI=1S/C17H13N5O4/c23-17(14-11-13(19-20-14)16-8-4-10-26-16)21-18-9-3-6-12-5-1-2-7-15(12)22(24)25/h1-11H,(H,19,20)(H,21,23). The predicted octanol–water partition coefficient (Wildman–Crippen LogP) is 3.01. The van der Waals surface area contributed by atoms with E-state index in [2.05, 4.69) is 20.7 Å². The number of hydrogen-bond acceptors (Lipinski definition) is 6. The number of aromatic amines is 1. The van der Waals surface area contributed by atoms with Gasteiger partial charge in [0, 0.05) is 18.3 Å². The van der Waals surface area contributed by atoms with Crippen LogP contribution >= 0.6 is 0 Å². The van der Waals surface area contributed by atoms with Crippen molar-refractivity contribution in [2.45, 2.75) is 0 Å². The molecule has 0 spiro atoms. The van der Waals surface area contributed by atoms with Crippen molar-refractivity contribution in [2.24, 2.45) is 5.10 Å². The number of nitro benzene ring substituents is 1. The molecule has 130 valence electrons. The fourth-order valence-corrected chi connectivity index (χ4v) is 2.13. The lowest BCUT2D eigenvalue weighted by Crippen LogP contribution is -2.17. The van der Waals surface area contributed by atoms with Crippen molar-refractivity contribution in [3.05, 3.63) is 76.2 Å². The Hall–Kier alpha value is -4.01. The Morgan fingerprint density at radius 3 is 2.92 bits per heavy atom. The van der Waals surface area contributed by atoms with Crippen LogP contribution in [0.2, 0.25) is 0 Å². The van der Waals surface area contributed by atoms with E-state index in [1.165, 1.54) is 36.8 Å². The van der Waals surface area contributed by atoms with Crippen LogP contribution in [0.3, 0.4) is 0 Å². The van der Waals surface area contributed by atoms with Crippen LogP contribution in [0.1, 0.15) is 16.1 Å². The molecule has 0 atom stereocenters. The van der Waals surface area contributed by atoms with Crippen LogP contribution in [0.5, 0.6) is 0 Å². The zero-order valence-corrected chi connectivity index (χ0v) is 13.3. The molecular weight excluding hydrogens is 338 g/mol. The number of furan rings is 1. The van der Waals surface area contributed by atoms with E-state index in [4.69, 9.17) is 4.42 Å². The number of aromatic nitrogens is 2. The summed E-state index contributed by atoms with van der Waals surface area (Å²) in [6.07, 6.45) is 5.84. The molecule has 0 saturated carbocycles. The number of H-pyrrole nitrogens is 1. The number of nitrogens with zero attached hydrogens (tertiary/aromatic N) is 3. The third-order valence-electron chi connectivity index (χ3n) is 3.33. The minimum Gasteiger partial charge on any atom is -0.463 e. The molecule has 9 heteroatoms. The predicted molar refractivity (Wildman–Crippen MR) is 94.4 cm³/mol. The second-order valence-corrected chi connectivity index (χ2v) is 5.04. The summed E-state index contributed by atoms with van der Waals surface area (Å²) in [5, 5.41) is 21.2. The van der Waals surface area contributed by atoms with Crippen molar-refractivity contribution in [2.75, 3.05) is 0 Å². The first-order valence-corrected chi connectivity index (χ1v) is 7.48. The molecule has 3 aromatic rings. The van der Waals surface area contributed by atoms with Crippen molar-refractivity contribution in [3.63, 3.8) is 0 Å². The molecule has 2 heterocycles. The molecule has 0 fully saturated rings. The number of allylic oxidation sites excluding steroid dienone is 1. The Morgan fingerprint density at radius 1 is 1.31 bits per heavy atom. The molecule has 26 heavy (non-hydrogen) atoms. The summed E-state index contributed by atoms with van der Waals surface area (Å²) in [7, 11) is 0. The highest BCUT2D eigenvalue weighted by atomic mass is 16.6. The van der Waals surface area contributed by atoms with Crippen LogP contribution in [0, 0.1) is 10.1 Å². The lowest BCUT2D eigenvalue weighted by molar-refractivity contribution is -0.385. The zero-order chi connectivity index (χ0) is 18.4. The largest absolute Gasteiger partial charge is 0.463 e. The van der Waals surface area contributed by atoms with Gasteiger partial charge in [0.15, 0.2) is 11.5 Å². The summed E-state index contributed by atoms with van der Waals surface area (Å²) in [6, 6.07) is 11.3. The van der Waals surface area contributed by atoms with Crippen LogP contribution in [0.4, 0.5) is 5.69 Å². The van der Waals surface area contributed by atoms with Gasteiger partial charge in [-0.1, -0.05) is 12.1 Å². The van der Waals surface area contributed by atoms with Gasteiger partial charge in [-0.05, 0) is 30.4 Å². The van der Waals surface area contributed by atoms with Gasteiger partial charge in [-0.3, -0.25) is 20.0 Å². The average molecular weight is 351 g/mol. The fourth-order valence-electron chi connectivity index (χ4n) is 2.13. The highest BCUT2D eigenvalue weighted by molar-refractivity contribution is 5.93. The van der Waals surface area contributed by atoms with E-state index in [1.807, 2.05) is 0 Å². The molecule has 1 aromatic carbocycles. The van der Waals surface area contributed by atoms with E-state index < -0.39 is 10.8 Å². The van der Waals surface area contributed by atoms with Crippen molar-refractivity contribution < 1.29 is 14.1 Å². The van der Waals surface area contributed by atoms with E-state index in [1.54, 1.807) is 30.3 Å². The number of benzene rings is 1. The van der Waals surface area contributed by atoms with Gasteiger partial charge >= 0.3 is 0 Å². The van der Waals surface area contributed by atoms with E-state index in [9.17, 15) is 14.9 Å². The maximum atomic E-state index is 12.0. The van der Waals surface area contributed by atoms with Crippen LogP contribution in [0.15, 0.2) is 64.3 Å². The molecule has 2 N–H and O–H groups in total. The van der Waals surface area contributed by atoms with Gasteiger partial charge in [0.1, 0.15) is 5.69 Å². The third-order valence-corrected chi connectivity index (χ3v) is 3.33. The summed E-state index contributed by atoms with van der Waals surface area (Å²) >= 11 is 0. The van der Waals surface area contributed by atoms with Crippen LogP contribution in [0.25, 0.3) is 17.5 Å². The topological polar surface area (TPSA) is 126 Å². The number of amides is 1. The van der Waals surface area contributed by atoms with Gasteiger partial charge in [-0.2, -0.15) is 10.2 Å². The van der Waals surface area contributed by atoms with Crippen molar-refractivity contribution >= 4 is 23.9 Å². The van der Waals surface area contributed by atoms with Gasteiger partial charge in [-0.15, -0.1) is 0 Å². The molecule has 9 nitrogen and oxygen atoms in total. The SMILES string of the molecule is O=C(NN=CC=Cc1ccccc1[N+](=O)[O-])c1cc(-c2ccco2)[nH]n1. The van der Waals surface area contributed by atoms with Gasteiger partial charge in [0.2, 0.25) is 0 Å². The van der Waals surface area contributed by atoms with Crippen molar-refractivity contribution in [3.8, 4) is 11.5 Å². The summed E-state index contributed by atoms with van der Waals surface area (Å²) < 4.78 is 5.20. The number of para-hydroxylation sites is 1. The van der Waals surface area contributed by atoms with Crippen molar-refractivity contribution in [1.29, 1.82) is 0 Å². The van der Waals surface area contributed by atoms with Crippen LogP contribution < -0.4 is 5.43 Å². The highest BCUT2D eigenvalue weighted by Gasteiger charge is 2.12. The summed E-state index contributed by atoms with van der Waals surface area (Å²) in [5.74, 6) is 0.0573. The maximum Gasteiger partial charge on any atom is 0.291 e. The average Bonchev–Trinajstić information content (AvgIpc) is 3.33. The second-order valence-electron chi connectivity index (χ2n) is 5.04. The number of carbonyl (C=O) groups is 1. The number of nitro groups is 1. The first kappa shape index (κ1) is 16.8. The molecule has 0 aliphatic carbocycles. The molecule has 0 unspecified atom stereocenters. The zero-order valence-electron chi connectivity index (χ0n) is 13.3. The number of hydrazone groups is 1. The smallest absolute Gasteiger partial charge is 0.291 e. The Balaban J connectivity index is 1.59. The van der Waals surface area contributed by atoms with E-state index in [-0.39, 0.29) is 11.4 Å². The van der Waals surface area contributed by atoms with Gasteiger partial charge in [-0.25, -0.2) is 5.43 Å². The van der Waals surface area contributed by atoms with Crippen LogP contribution in [-0.2, 0) is 0 Å². The van der Waals surface area contributed by atoms with Gasteiger partial charge in [0.25, 0.3) is 11.6 Å². The highest BCUT2D eigenvalue weighted by Crippen LogP contribution is 2.19. The number of hydrogen-bond donors (Lipinski definition) is 2. The molecule has 0 aliphatic heterocycles. The summed E-state index contributed by atoms with van der Waals surface area (Å²) in [6.45, 7) is 0. The number of nitrogens with one attached hydrogen (secondary N) is 2. The Morgan fingerprint density at radius 2 is 2.15 bits per heavy atom. The Labute approximate surface area is 147 Å². The van der Waals surface area contributed by atoms with Gasteiger partial charge in [0.05, 0.1) is 16.7 Å². The second kappa shape index (κ2) is 7.71. The fraction of sp³-hybridized carbons (Fsp3) is 0. The molecule has 0 bridgehead atoms. The summed E-state index contributed by atoms with van der Waals surface area (Å²) in [4.78, 5) is 22.4. The molecule has 1 amide bonds. The van der Waals surface area contributed by atoms with E-state index in [0.29, 0.717) is 17.0 Å². The lowest BCUT2D eigenvalue weighted by Gasteiger charge is -1.95. The minimum atomic E-state index is -0.505. The molecule has 0 radical (unpaired) electrons. The van der Waals surface area contributed by atoms with E-state index in [0.717, 1.165) is 0 Å².